The number of carbonyl (C=O) groups excluding carboxylic acids is 1. The number of nitriles is 1. The number of fused-ring (bicyclic) bond motifs is 1. The van der Waals surface area contributed by atoms with Crippen molar-refractivity contribution in [2.75, 3.05) is 0 Å². The van der Waals surface area contributed by atoms with E-state index < -0.39 is 17.1 Å². The molecule has 86 valence electrons. The Balaban J connectivity index is 2.65. The summed E-state index contributed by atoms with van der Waals surface area (Å²) < 4.78 is 5.49. The van der Waals surface area contributed by atoms with Gasteiger partial charge in [0.05, 0.1) is 17.3 Å². The summed E-state index contributed by atoms with van der Waals surface area (Å²) in [4.78, 5) is 11.5. The third-order valence-electron chi connectivity index (χ3n) is 3.64. The highest BCUT2D eigenvalue weighted by atomic mass is 16.6. The summed E-state index contributed by atoms with van der Waals surface area (Å²) in [5.41, 5.74) is 9.52. The molecule has 16 heavy (non-hydrogen) atoms. The van der Waals surface area contributed by atoms with Gasteiger partial charge in [-0.2, -0.15) is 5.26 Å². The highest BCUT2D eigenvalue weighted by molar-refractivity contribution is 5.93. The number of allylic oxidation sites excluding steroid dienone is 1. The molecule has 2 rings (SSSR count). The Hall–Kier alpha value is -1.54. The van der Waals surface area contributed by atoms with Crippen LogP contribution in [-0.2, 0) is 9.53 Å². The topological polar surface area (TPSA) is 105 Å². The van der Waals surface area contributed by atoms with Gasteiger partial charge in [-0.05, 0) is 13.3 Å². The van der Waals surface area contributed by atoms with E-state index in [0.29, 0.717) is 12.0 Å². The van der Waals surface area contributed by atoms with Crippen molar-refractivity contribution in [3.8, 4) is 6.07 Å². The third kappa shape index (κ3) is 0.952. The van der Waals surface area contributed by atoms with Gasteiger partial charge in [-0.15, -0.1) is 0 Å². The van der Waals surface area contributed by atoms with Gasteiger partial charge in [-0.1, -0.05) is 13.8 Å². The molecule has 0 aromatic heterocycles. The maximum Gasteiger partial charge on any atom is 0.258 e. The van der Waals surface area contributed by atoms with Crippen LogP contribution >= 0.6 is 0 Å². The second kappa shape index (κ2) is 2.58. The minimum atomic E-state index is -1.26. The van der Waals surface area contributed by atoms with Crippen LogP contribution in [0.3, 0.4) is 0 Å². The van der Waals surface area contributed by atoms with Gasteiger partial charge < -0.3 is 16.2 Å². The minimum absolute atomic E-state index is 0.182. The van der Waals surface area contributed by atoms with Crippen molar-refractivity contribution in [2.24, 2.45) is 16.9 Å². The standard InChI is InChI=1S/C11H15N3O2/c1-9(2)5-10(3)11(16-10,8(14)15)7(13)6(9)4-12/h5,13H2,1-3H3,(H2,14,15). The summed E-state index contributed by atoms with van der Waals surface area (Å²) in [7, 11) is 0. The van der Waals surface area contributed by atoms with Crippen molar-refractivity contribution in [1.82, 2.24) is 0 Å². The van der Waals surface area contributed by atoms with Crippen LogP contribution in [0.4, 0.5) is 0 Å². The number of amides is 1. The van der Waals surface area contributed by atoms with Gasteiger partial charge in [-0.3, -0.25) is 4.79 Å². The second-order valence-electron chi connectivity index (χ2n) is 5.34. The van der Waals surface area contributed by atoms with E-state index in [1.807, 2.05) is 13.8 Å². The smallest absolute Gasteiger partial charge is 0.258 e. The fourth-order valence-corrected chi connectivity index (χ4v) is 2.94. The second-order valence-corrected chi connectivity index (χ2v) is 5.34. The van der Waals surface area contributed by atoms with Gasteiger partial charge in [0.1, 0.15) is 5.60 Å². The zero-order valence-electron chi connectivity index (χ0n) is 9.63. The van der Waals surface area contributed by atoms with Crippen molar-refractivity contribution in [2.45, 2.75) is 38.4 Å². The van der Waals surface area contributed by atoms with E-state index in [1.165, 1.54) is 0 Å². The van der Waals surface area contributed by atoms with Gasteiger partial charge in [0.25, 0.3) is 5.91 Å². The molecule has 0 aromatic carbocycles. The molecular formula is C11H15N3O2. The first-order chi connectivity index (χ1) is 7.21. The molecule has 1 aliphatic heterocycles. The monoisotopic (exact) mass is 221 g/mol. The third-order valence-corrected chi connectivity index (χ3v) is 3.64. The molecular weight excluding hydrogens is 206 g/mol. The molecule has 1 heterocycles. The van der Waals surface area contributed by atoms with Crippen LogP contribution in [0.1, 0.15) is 27.2 Å². The number of hydrogen-bond acceptors (Lipinski definition) is 4. The Morgan fingerprint density at radius 2 is 2.06 bits per heavy atom. The predicted molar refractivity (Wildman–Crippen MR) is 56.6 cm³/mol. The Kier molecular flexibility index (Phi) is 1.77. The van der Waals surface area contributed by atoms with Crippen molar-refractivity contribution in [3.05, 3.63) is 11.3 Å². The van der Waals surface area contributed by atoms with E-state index in [4.69, 9.17) is 21.5 Å². The number of rotatable bonds is 1. The van der Waals surface area contributed by atoms with Crippen molar-refractivity contribution < 1.29 is 9.53 Å². The zero-order valence-corrected chi connectivity index (χ0v) is 9.63. The SMILES string of the molecule is CC1(C)CC2(C)OC2(C(N)=O)C(N)=C1C#N. The average Bonchev–Trinajstić information content (AvgIpc) is 2.71. The molecule has 2 unspecified atom stereocenters. The molecule has 0 spiro atoms. The highest BCUT2D eigenvalue weighted by Crippen LogP contribution is 2.62. The number of carbonyl (C=O) groups is 1. The van der Waals surface area contributed by atoms with E-state index in [1.54, 1.807) is 6.92 Å². The van der Waals surface area contributed by atoms with Crippen molar-refractivity contribution in [3.63, 3.8) is 0 Å². The van der Waals surface area contributed by atoms with Gasteiger partial charge in [0.2, 0.25) is 5.60 Å². The molecule has 4 N–H and O–H groups in total. The molecule has 0 radical (unpaired) electrons. The molecule has 2 aliphatic rings. The maximum absolute atomic E-state index is 11.5. The van der Waals surface area contributed by atoms with Gasteiger partial charge in [-0.25, -0.2) is 0 Å². The summed E-state index contributed by atoms with van der Waals surface area (Å²) >= 11 is 0. The molecule has 0 bridgehead atoms. The Bertz CT molecular complexity index is 460. The first-order valence-corrected chi connectivity index (χ1v) is 5.12. The molecule has 5 nitrogen and oxygen atoms in total. The molecule has 5 heteroatoms. The lowest BCUT2D eigenvalue weighted by Crippen LogP contribution is -2.48. The molecule has 1 fully saturated rings. The van der Waals surface area contributed by atoms with Crippen LogP contribution in [0, 0.1) is 16.7 Å². The van der Waals surface area contributed by atoms with Crippen molar-refractivity contribution in [1.29, 1.82) is 5.26 Å². The summed E-state index contributed by atoms with van der Waals surface area (Å²) in [6.07, 6.45) is 0.562. The fourth-order valence-electron chi connectivity index (χ4n) is 2.94. The lowest BCUT2D eigenvalue weighted by atomic mass is 9.66. The summed E-state index contributed by atoms with van der Waals surface area (Å²) in [5.74, 6) is -0.615. The number of hydrogen-bond donors (Lipinski definition) is 2. The first-order valence-electron chi connectivity index (χ1n) is 5.12. The number of primary amides is 1. The number of ether oxygens (including phenoxy) is 1. The van der Waals surface area contributed by atoms with Crippen LogP contribution in [0.25, 0.3) is 0 Å². The average molecular weight is 221 g/mol. The summed E-state index contributed by atoms with van der Waals surface area (Å²) in [5, 5.41) is 9.12. The lowest BCUT2D eigenvalue weighted by molar-refractivity contribution is -0.122. The van der Waals surface area contributed by atoms with E-state index >= 15 is 0 Å². The number of nitrogens with zero attached hydrogens (tertiary/aromatic N) is 1. The summed E-state index contributed by atoms with van der Waals surface area (Å²) in [6.45, 7) is 5.63. The van der Waals surface area contributed by atoms with Crippen molar-refractivity contribution >= 4 is 5.91 Å². The van der Waals surface area contributed by atoms with Crippen LogP contribution in [0.2, 0.25) is 0 Å². The van der Waals surface area contributed by atoms with E-state index in [9.17, 15) is 4.79 Å². The largest absolute Gasteiger partial charge is 0.398 e. The minimum Gasteiger partial charge on any atom is -0.398 e. The van der Waals surface area contributed by atoms with Crippen LogP contribution < -0.4 is 11.5 Å². The Morgan fingerprint density at radius 1 is 1.50 bits per heavy atom. The fraction of sp³-hybridized carbons (Fsp3) is 0.636. The summed E-state index contributed by atoms with van der Waals surface area (Å²) in [6, 6.07) is 2.06. The van der Waals surface area contributed by atoms with Crippen LogP contribution in [0.15, 0.2) is 11.3 Å². The lowest BCUT2D eigenvalue weighted by Gasteiger charge is -2.33. The Morgan fingerprint density at radius 3 is 2.50 bits per heavy atom. The van der Waals surface area contributed by atoms with Gasteiger partial charge in [0.15, 0.2) is 0 Å². The van der Waals surface area contributed by atoms with E-state index in [0.717, 1.165) is 0 Å². The Labute approximate surface area is 94.0 Å². The first kappa shape index (κ1) is 11.0. The molecule has 2 atom stereocenters. The molecule has 1 saturated heterocycles. The molecule has 1 amide bonds. The molecule has 1 aliphatic carbocycles. The maximum atomic E-state index is 11.5. The predicted octanol–water partition coefficient (Wildman–Crippen LogP) is 0.166. The quantitative estimate of drug-likeness (QED) is 0.615. The van der Waals surface area contributed by atoms with Gasteiger partial charge >= 0.3 is 0 Å². The van der Waals surface area contributed by atoms with Crippen LogP contribution in [0.5, 0.6) is 0 Å². The van der Waals surface area contributed by atoms with Crippen LogP contribution in [-0.4, -0.2) is 17.1 Å². The normalized spacial score (nSPS) is 39.9. The zero-order chi connectivity index (χ0) is 12.4. The number of epoxide rings is 1. The highest BCUT2D eigenvalue weighted by Gasteiger charge is 2.77. The van der Waals surface area contributed by atoms with E-state index in [2.05, 4.69) is 6.07 Å². The molecule has 0 saturated carbocycles. The number of nitrogens with two attached hydrogens (primary N) is 2. The molecule has 0 aromatic rings. The van der Waals surface area contributed by atoms with E-state index in [-0.39, 0.29) is 11.1 Å². The van der Waals surface area contributed by atoms with Gasteiger partial charge in [0, 0.05) is 5.41 Å².